The van der Waals surface area contributed by atoms with Crippen LogP contribution in [0.1, 0.15) is 39.1 Å². The Labute approximate surface area is 174 Å². The fraction of sp³-hybridized carbons (Fsp3) is 0.381. The van der Waals surface area contributed by atoms with Crippen LogP contribution in [0.3, 0.4) is 0 Å². The lowest BCUT2D eigenvalue weighted by atomic mass is 10.2. The second kappa shape index (κ2) is 8.39. The maximum Gasteiger partial charge on any atom is 0.255 e. The molecule has 0 fully saturated rings. The molecule has 0 saturated carbocycles. The molecule has 4 rings (SSSR count). The maximum atomic E-state index is 12.4. The van der Waals surface area contributed by atoms with Crippen LogP contribution in [0.2, 0.25) is 5.02 Å². The van der Waals surface area contributed by atoms with Crippen molar-refractivity contribution in [3.05, 3.63) is 69.7 Å². The zero-order valence-corrected chi connectivity index (χ0v) is 17.4. The number of halogens is 1. The molecule has 0 atom stereocenters. The molecule has 152 valence electrons. The molecule has 3 heterocycles. The van der Waals surface area contributed by atoms with E-state index in [-0.39, 0.29) is 5.91 Å². The van der Waals surface area contributed by atoms with Crippen molar-refractivity contribution in [2.75, 3.05) is 13.1 Å². The number of nitrogens with zero attached hydrogens (tertiary/aromatic N) is 4. The van der Waals surface area contributed by atoms with Crippen molar-refractivity contribution in [1.29, 1.82) is 0 Å². The van der Waals surface area contributed by atoms with Gasteiger partial charge in [-0.2, -0.15) is 0 Å². The number of benzene rings is 1. The smallest absolute Gasteiger partial charge is 0.255 e. The molecule has 1 aliphatic rings. The quantitative estimate of drug-likeness (QED) is 0.695. The highest BCUT2D eigenvalue weighted by molar-refractivity contribution is 6.30. The first-order chi connectivity index (χ1) is 14.0. The van der Waals surface area contributed by atoms with Crippen LogP contribution >= 0.6 is 11.6 Å². The fourth-order valence-corrected chi connectivity index (χ4v) is 3.93. The van der Waals surface area contributed by atoms with Crippen LogP contribution in [0, 0.1) is 13.8 Å². The molecule has 0 saturated heterocycles. The van der Waals surface area contributed by atoms with Crippen LogP contribution in [-0.4, -0.2) is 38.7 Å². The molecule has 0 aliphatic carbocycles. The Morgan fingerprint density at radius 2 is 2.07 bits per heavy atom. The average Bonchev–Trinajstić information content (AvgIpc) is 3.17. The largest absolute Gasteiger partial charge is 0.466 e. The van der Waals surface area contributed by atoms with Gasteiger partial charge in [0.05, 0.1) is 12.1 Å². The number of amides is 1. The van der Waals surface area contributed by atoms with Gasteiger partial charge < -0.3 is 14.3 Å². The monoisotopic (exact) mass is 413 g/mol. The molecular weight excluding hydrogens is 390 g/mol. The topological polar surface area (TPSA) is 76.2 Å². The lowest BCUT2D eigenvalue weighted by Crippen LogP contribution is -2.28. The molecule has 1 N–H and O–H groups in total. The summed E-state index contributed by atoms with van der Waals surface area (Å²) in [5.74, 6) is 2.92. The van der Waals surface area contributed by atoms with Gasteiger partial charge in [0.15, 0.2) is 5.82 Å². The molecule has 8 heteroatoms. The highest BCUT2D eigenvalue weighted by atomic mass is 35.5. The Kier molecular flexibility index (Phi) is 5.69. The molecule has 3 aromatic rings. The predicted molar refractivity (Wildman–Crippen MR) is 110 cm³/mol. The summed E-state index contributed by atoms with van der Waals surface area (Å²) in [6, 6.07) is 9.73. The van der Waals surface area contributed by atoms with E-state index < -0.39 is 0 Å². The number of nitrogens with one attached hydrogen (secondary N) is 1. The van der Waals surface area contributed by atoms with Crippen LogP contribution in [-0.2, 0) is 26.1 Å². The molecule has 0 unspecified atom stereocenters. The van der Waals surface area contributed by atoms with E-state index in [1.165, 1.54) is 5.56 Å². The number of rotatable bonds is 5. The molecular formula is C21H24ClN5O2. The molecule has 1 aromatic carbocycles. The Bertz CT molecular complexity index is 1030. The predicted octanol–water partition coefficient (Wildman–Crippen LogP) is 3.13. The number of aryl methyl sites for hydroxylation is 2. The van der Waals surface area contributed by atoms with E-state index in [1.54, 1.807) is 13.0 Å². The van der Waals surface area contributed by atoms with Crippen LogP contribution in [0.4, 0.5) is 0 Å². The summed E-state index contributed by atoms with van der Waals surface area (Å²) in [7, 11) is 0. The van der Waals surface area contributed by atoms with Gasteiger partial charge >= 0.3 is 0 Å². The van der Waals surface area contributed by atoms with Crippen molar-refractivity contribution in [2.45, 2.75) is 39.9 Å². The Hall–Kier alpha value is -2.64. The number of fused-ring (bicyclic) bond motifs is 1. The second-order valence-corrected chi connectivity index (χ2v) is 7.79. The number of furan rings is 1. The summed E-state index contributed by atoms with van der Waals surface area (Å²) in [5, 5.41) is 12.3. The van der Waals surface area contributed by atoms with Crippen LogP contribution in [0.5, 0.6) is 0 Å². The molecule has 7 nitrogen and oxygen atoms in total. The summed E-state index contributed by atoms with van der Waals surface area (Å²) >= 11 is 6.11. The highest BCUT2D eigenvalue weighted by Gasteiger charge is 2.20. The summed E-state index contributed by atoms with van der Waals surface area (Å²) in [6.45, 7) is 7.39. The van der Waals surface area contributed by atoms with Crippen molar-refractivity contribution >= 4 is 17.5 Å². The van der Waals surface area contributed by atoms with E-state index in [1.807, 2.05) is 25.1 Å². The van der Waals surface area contributed by atoms with E-state index in [2.05, 4.69) is 31.0 Å². The van der Waals surface area contributed by atoms with Crippen molar-refractivity contribution in [3.63, 3.8) is 0 Å². The third kappa shape index (κ3) is 4.52. The standard InChI is InChI=1S/C21H24ClN5O2/c1-14-10-18(15(2)29-14)21(28)23-12-20-25-24-19-6-7-26(8-9-27(19)20)13-16-4-3-5-17(22)11-16/h3-5,10-11H,6-9,12-13H2,1-2H3,(H,23,28). The van der Waals surface area contributed by atoms with E-state index >= 15 is 0 Å². The second-order valence-electron chi connectivity index (χ2n) is 7.35. The van der Waals surface area contributed by atoms with Crippen molar-refractivity contribution in [2.24, 2.45) is 0 Å². The molecule has 1 amide bonds. The van der Waals surface area contributed by atoms with Crippen molar-refractivity contribution in [1.82, 2.24) is 25.0 Å². The lowest BCUT2D eigenvalue weighted by molar-refractivity contribution is 0.0948. The van der Waals surface area contributed by atoms with E-state index in [0.29, 0.717) is 17.9 Å². The number of hydrogen-bond acceptors (Lipinski definition) is 5. The van der Waals surface area contributed by atoms with Crippen LogP contribution in [0.25, 0.3) is 0 Å². The van der Waals surface area contributed by atoms with Gasteiger partial charge in [0.1, 0.15) is 17.3 Å². The van der Waals surface area contributed by atoms with Gasteiger partial charge in [-0.1, -0.05) is 23.7 Å². The number of carbonyl (C=O) groups is 1. The lowest BCUT2D eigenvalue weighted by Gasteiger charge is -2.19. The van der Waals surface area contributed by atoms with Gasteiger partial charge in [-0.05, 0) is 37.6 Å². The summed E-state index contributed by atoms with van der Waals surface area (Å²) in [4.78, 5) is 14.8. The van der Waals surface area contributed by atoms with Gasteiger partial charge in [-0.15, -0.1) is 10.2 Å². The molecule has 1 aliphatic heterocycles. The van der Waals surface area contributed by atoms with Gasteiger partial charge in [0, 0.05) is 37.6 Å². The van der Waals surface area contributed by atoms with Crippen LogP contribution < -0.4 is 5.32 Å². The average molecular weight is 414 g/mol. The maximum absolute atomic E-state index is 12.4. The van der Waals surface area contributed by atoms with Crippen LogP contribution in [0.15, 0.2) is 34.7 Å². The number of aromatic nitrogens is 3. The van der Waals surface area contributed by atoms with Crippen molar-refractivity contribution in [3.8, 4) is 0 Å². The first-order valence-corrected chi connectivity index (χ1v) is 10.1. The van der Waals surface area contributed by atoms with Gasteiger partial charge in [0.2, 0.25) is 0 Å². The Morgan fingerprint density at radius 1 is 1.21 bits per heavy atom. The number of carbonyl (C=O) groups excluding carboxylic acids is 1. The van der Waals surface area contributed by atoms with Gasteiger partial charge in [-0.25, -0.2) is 0 Å². The molecule has 0 spiro atoms. The molecule has 0 radical (unpaired) electrons. The zero-order valence-electron chi connectivity index (χ0n) is 16.6. The SMILES string of the molecule is Cc1cc(C(=O)NCc2nnc3n2CCN(Cc2cccc(Cl)c2)CC3)c(C)o1. The van der Waals surface area contributed by atoms with E-state index in [9.17, 15) is 4.79 Å². The third-order valence-corrected chi connectivity index (χ3v) is 5.42. The summed E-state index contributed by atoms with van der Waals surface area (Å²) in [6.07, 6.45) is 0.821. The minimum atomic E-state index is -0.159. The fourth-order valence-electron chi connectivity index (χ4n) is 3.72. The Balaban J connectivity index is 1.38. The minimum absolute atomic E-state index is 0.159. The van der Waals surface area contributed by atoms with Crippen molar-refractivity contribution < 1.29 is 9.21 Å². The Morgan fingerprint density at radius 3 is 2.83 bits per heavy atom. The highest BCUT2D eigenvalue weighted by Crippen LogP contribution is 2.16. The third-order valence-electron chi connectivity index (χ3n) is 5.18. The first-order valence-electron chi connectivity index (χ1n) is 9.72. The summed E-state index contributed by atoms with van der Waals surface area (Å²) < 4.78 is 7.56. The summed E-state index contributed by atoms with van der Waals surface area (Å²) in [5.41, 5.74) is 1.76. The normalized spacial score (nSPS) is 14.4. The minimum Gasteiger partial charge on any atom is -0.466 e. The first kappa shape index (κ1) is 19.7. The van der Waals surface area contributed by atoms with E-state index in [0.717, 1.165) is 55.0 Å². The molecule has 29 heavy (non-hydrogen) atoms. The molecule has 0 bridgehead atoms. The van der Waals surface area contributed by atoms with Gasteiger partial charge in [0.25, 0.3) is 5.91 Å². The van der Waals surface area contributed by atoms with E-state index in [4.69, 9.17) is 16.0 Å². The van der Waals surface area contributed by atoms with Gasteiger partial charge in [-0.3, -0.25) is 9.69 Å². The number of hydrogen-bond donors (Lipinski definition) is 1. The molecule has 2 aromatic heterocycles. The zero-order chi connectivity index (χ0) is 20.4.